The molecule has 5 heteroatoms. The van der Waals surface area contributed by atoms with E-state index in [-0.39, 0.29) is 17.2 Å². The number of hydrogen-bond donors (Lipinski definition) is 1. The summed E-state index contributed by atoms with van der Waals surface area (Å²) >= 11 is 0. The van der Waals surface area contributed by atoms with Crippen molar-refractivity contribution < 1.29 is 17.9 Å². The van der Waals surface area contributed by atoms with E-state index in [2.05, 4.69) is 0 Å². The second-order valence-corrected chi connectivity index (χ2v) is 6.78. The topological polar surface area (TPSA) is 35.2 Å². The van der Waals surface area contributed by atoms with E-state index in [0.29, 0.717) is 17.6 Å². The molecule has 1 atom stereocenters. The minimum atomic E-state index is -1.23. The molecule has 2 nitrogen and oxygen atoms in total. The molecule has 0 radical (unpaired) electrons. The largest absolute Gasteiger partial charge is 0.457 e. The maximum atomic E-state index is 14.2. The van der Waals surface area contributed by atoms with Gasteiger partial charge in [-0.05, 0) is 54.7 Å². The normalized spacial score (nSPS) is 16.1. The molecule has 138 valence electrons. The van der Waals surface area contributed by atoms with E-state index in [9.17, 15) is 13.2 Å². The van der Waals surface area contributed by atoms with Gasteiger partial charge in [0.2, 0.25) is 0 Å². The number of fused-ring (bicyclic) bond motifs is 1. The number of ether oxygens (including phenoxy) is 1. The van der Waals surface area contributed by atoms with Crippen LogP contribution in [0.25, 0.3) is 11.1 Å². The van der Waals surface area contributed by atoms with Crippen molar-refractivity contribution in [2.24, 2.45) is 5.73 Å². The first kappa shape index (κ1) is 17.6. The van der Waals surface area contributed by atoms with Gasteiger partial charge in [0.25, 0.3) is 0 Å². The number of nitrogens with two attached hydrogens (primary N) is 1. The summed E-state index contributed by atoms with van der Waals surface area (Å²) < 4.78 is 47.5. The molecule has 4 rings (SSSR count). The smallest absolute Gasteiger partial charge is 0.166 e. The third-order valence-corrected chi connectivity index (χ3v) is 4.84. The van der Waals surface area contributed by atoms with Crippen molar-refractivity contribution in [1.29, 1.82) is 0 Å². The summed E-state index contributed by atoms with van der Waals surface area (Å²) in [5.74, 6) is -2.29. The Bertz CT molecular complexity index is 1000. The molecule has 0 amide bonds. The summed E-state index contributed by atoms with van der Waals surface area (Å²) in [4.78, 5) is 0. The van der Waals surface area contributed by atoms with Crippen molar-refractivity contribution in [3.8, 4) is 22.6 Å². The molecule has 0 saturated carbocycles. The van der Waals surface area contributed by atoms with Crippen LogP contribution < -0.4 is 10.5 Å². The highest BCUT2D eigenvalue weighted by molar-refractivity contribution is 5.71. The molecule has 3 aromatic carbocycles. The molecule has 0 heterocycles. The Kier molecular flexibility index (Phi) is 4.62. The molecule has 0 fully saturated rings. The van der Waals surface area contributed by atoms with Gasteiger partial charge >= 0.3 is 0 Å². The molecule has 27 heavy (non-hydrogen) atoms. The lowest BCUT2D eigenvalue weighted by Gasteiger charge is -2.22. The molecule has 0 saturated heterocycles. The number of halogens is 3. The first-order chi connectivity index (χ1) is 13.0. The molecular weight excluding hydrogens is 351 g/mol. The molecular formula is C22H18F3NO. The lowest BCUT2D eigenvalue weighted by atomic mass is 9.89. The van der Waals surface area contributed by atoms with Crippen molar-refractivity contribution in [2.45, 2.75) is 25.3 Å². The molecule has 0 spiro atoms. The van der Waals surface area contributed by atoms with Gasteiger partial charge in [-0.15, -0.1) is 0 Å². The van der Waals surface area contributed by atoms with Crippen molar-refractivity contribution in [1.82, 2.24) is 0 Å². The van der Waals surface area contributed by atoms with Crippen LogP contribution in [-0.2, 0) is 12.8 Å². The van der Waals surface area contributed by atoms with Gasteiger partial charge in [0.05, 0.1) is 0 Å². The Morgan fingerprint density at radius 3 is 2.56 bits per heavy atom. The van der Waals surface area contributed by atoms with E-state index in [4.69, 9.17) is 10.5 Å². The Balaban J connectivity index is 1.72. The zero-order valence-electron chi connectivity index (χ0n) is 14.5. The zero-order chi connectivity index (χ0) is 19.0. The molecule has 1 aliphatic rings. The summed E-state index contributed by atoms with van der Waals surface area (Å²) in [5.41, 5.74) is 8.52. The van der Waals surface area contributed by atoms with Crippen molar-refractivity contribution in [3.63, 3.8) is 0 Å². The third kappa shape index (κ3) is 3.55. The van der Waals surface area contributed by atoms with E-state index in [1.54, 1.807) is 24.3 Å². The molecule has 0 aliphatic heterocycles. The van der Waals surface area contributed by atoms with Gasteiger partial charge in [-0.25, -0.2) is 13.2 Å². The van der Waals surface area contributed by atoms with Crippen LogP contribution in [0, 0.1) is 17.5 Å². The number of hydrogen-bond acceptors (Lipinski definition) is 2. The maximum absolute atomic E-state index is 14.2. The maximum Gasteiger partial charge on any atom is 0.166 e. The Morgan fingerprint density at radius 2 is 1.70 bits per heavy atom. The highest BCUT2D eigenvalue weighted by Gasteiger charge is 2.18. The van der Waals surface area contributed by atoms with Gasteiger partial charge in [0.15, 0.2) is 11.6 Å². The number of rotatable bonds is 3. The SMILES string of the molecule is NC1CCc2ccc(Oc3ccccc3-c3cc(F)cc(F)c3F)cc2C1. The van der Waals surface area contributed by atoms with Crippen molar-refractivity contribution in [3.05, 3.63) is 83.2 Å². The minimum Gasteiger partial charge on any atom is -0.457 e. The van der Waals surface area contributed by atoms with Gasteiger partial charge in [0.1, 0.15) is 17.3 Å². The molecule has 1 unspecified atom stereocenters. The fraction of sp³-hybridized carbons (Fsp3) is 0.182. The van der Waals surface area contributed by atoms with E-state index in [1.807, 2.05) is 18.2 Å². The predicted octanol–water partition coefficient (Wildman–Crippen LogP) is 5.38. The molecule has 3 aromatic rings. The fourth-order valence-corrected chi connectivity index (χ4v) is 3.48. The lowest BCUT2D eigenvalue weighted by molar-refractivity contribution is 0.477. The second kappa shape index (κ2) is 7.08. The van der Waals surface area contributed by atoms with Gasteiger partial charge in [-0.2, -0.15) is 0 Å². The molecule has 1 aliphatic carbocycles. The third-order valence-electron chi connectivity index (χ3n) is 4.84. The second-order valence-electron chi connectivity index (χ2n) is 6.78. The quantitative estimate of drug-likeness (QED) is 0.629. The standard InChI is InChI=1S/C22H18F3NO/c23-15-11-19(22(25)20(24)12-15)18-3-1-2-4-21(18)27-17-8-6-13-5-7-16(26)9-14(13)10-17/h1-4,6,8,10-12,16H,5,7,9,26H2. The van der Waals surface area contributed by atoms with Crippen LogP contribution in [-0.4, -0.2) is 6.04 Å². The highest BCUT2D eigenvalue weighted by atomic mass is 19.2. The van der Waals surface area contributed by atoms with E-state index in [1.165, 1.54) is 5.56 Å². The average molecular weight is 369 g/mol. The summed E-state index contributed by atoms with van der Waals surface area (Å²) in [6.07, 6.45) is 2.67. The summed E-state index contributed by atoms with van der Waals surface area (Å²) in [6.45, 7) is 0. The van der Waals surface area contributed by atoms with Crippen LogP contribution in [0.1, 0.15) is 17.5 Å². The van der Waals surface area contributed by atoms with Crippen molar-refractivity contribution >= 4 is 0 Å². The molecule has 0 aromatic heterocycles. The predicted molar refractivity (Wildman–Crippen MR) is 98.3 cm³/mol. The first-order valence-electron chi connectivity index (χ1n) is 8.80. The Hall–Kier alpha value is -2.79. The van der Waals surface area contributed by atoms with Crippen LogP contribution >= 0.6 is 0 Å². The summed E-state index contributed by atoms with van der Waals surface area (Å²) in [6, 6.07) is 14.0. The first-order valence-corrected chi connectivity index (χ1v) is 8.80. The van der Waals surface area contributed by atoms with E-state index < -0.39 is 17.5 Å². The number of para-hydroxylation sites is 1. The lowest BCUT2D eigenvalue weighted by Crippen LogP contribution is -2.27. The fourth-order valence-electron chi connectivity index (χ4n) is 3.48. The van der Waals surface area contributed by atoms with Crippen LogP contribution in [0.3, 0.4) is 0 Å². The van der Waals surface area contributed by atoms with Crippen LogP contribution in [0.4, 0.5) is 13.2 Å². The zero-order valence-corrected chi connectivity index (χ0v) is 14.5. The summed E-state index contributed by atoms with van der Waals surface area (Å²) in [5, 5.41) is 0. The summed E-state index contributed by atoms with van der Waals surface area (Å²) in [7, 11) is 0. The minimum absolute atomic E-state index is 0.129. The van der Waals surface area contributed by atoms with Crippen molar-refractivity contribution in [2.75, 3.05) is 0 Å². The van der Waals surface area contributed by atoms with Crippen LogP contribution in [0.2, 0.25) is 0 Å². The monoisotopic (exact) mass is 369 g/mol. The van der Waals surface area contributed by atoms with E-state index in [0.717, 1.165) is 30.9 Å². The van der Waals surface area contributed by atoms with Gasteiger partial charge in [0, 0.05) is 23.2 Å². The Morgan fingerprint density at radius 1 is 0.889 bits per heavy atom. The Labute approximate surface area is 155 Å². The number of aryl methyl sites for hydroxylation is 1. The van der Waals surface area contributed by atoms with Gasteiger partial charge < -0.3 is 10.5 Å². The highest BCUT2D eigenvalue weighted by Crippen LogP contribution is 2.36. The van der Waals surface area contributed by atoms with Crippen LogP contribution in [0.15, 0.2) is 54.6 Å². The molecule has 2 N–H and O–H groups in total. The molecule has 0 bridgehead atoms. The average Bonchev–Trinajstić information content (AvgIpc) is 2.65. The van der Waals surface area contributed by atoms with Crippen LogP contribution in [0.5, 0.6) is 11.5 Å². The number of benzene rings is 3. The van der Waals surface area contributed by atoms with Gasteiger partial charge in [-0.3, -0.25) is 0 Å². The van der Waals surface area contributed by atoms with E-state index >= 15 is 0 Å². The van der Waals surface area contributed by atoms with Gasteiger partial charge in [-0.1, -0.05) is 24.3 Å².